The number of hydrogen-bond donors (Lipinski definition) is 1. The normalized spacial score (nSPS) is 11.4. The molecule has 0 saturated heterocycles. The number of likely N-dealkylation sites (N-methyl/N-ethyl adjacent to an activating group) is 1. The van der Waals surface area contributed by atoms with Gasteiger partial charge in [0.2, 0.25) is 5.95 Å². The highest BCUT2D eigenvalue weighted by molar-refractivity contribution is 5.26. The van der Waals surface area contributed by atoms with E-state index in [9.17, 15) is 0 Å². The molecule has 0 atom stereocenters. The molecule has 4 nitrogen and oxygen atoms in total. The molecular weight excluding hydrogens is 200 g/mol. The Balaban J connectivity index is 2.39. The summed E-state index contributed by atoms with van der Waals surface area (Å²) in [6, 6.07) is 0.457. The van der Waals surface area contributed by atoms with Gasteiger partial charge in [-0.25, -0.2) is 4.98 Å². The van der Waals surface area contributed by atoms with Gasteiger partial charge < -0.3 is 14.8 Å². The maximum atomic E-state index is 4.32. The van der Waals surface area contributed by atoms with Crippen LogP contribution < -0.4 is 5.32 Å². The number of imidazole rings is 1. The fourth-order valence-corrected chi connectivity index (χ4v) is 1.73. The van der Waals surface area contributed by atoms with Crippen LogP contribution >= 0.6 is 0 Å². The Labute approximate surface area is 98.7 Å². The quantitative estimate of drug-likeness (QED) is 0.771. The molecule has 0 unspecified atom stereocenters. The molecule has 0 aromatic carbocycles. The molecule has 1 aromatic heterocycles. The Hall–Kier alpha value is -1.03. The summed E-state index contributed by atoms with van der Waals surface area (Å²) in [5, 5.41) is 3.38. The summed E-state index contributed by atoms with van der Waals surface area (Å²) in [5.74, 6) is 0.974. The van der Waals surface area contributed by atoms with Crippen molar-refractivity contribution in [1.29, 1.82) is 0 Å². The lowest BCUT2D eigenvalue weighted by Gasteiger charge is -2.19. The van der Waals surface area contributed by atoms with Gasteiger partial charge in [0.05, 0.1) is 0 Å². The second-order valence-electron chi connectivity index (χ2n) is 4.21. The first-order chi connectivity index (χ1) is 7.69. The summed E-state index contributed by atoms with van der Waals surface area (Å²) >= 11 is 0. The van der Waals surface area contributed by atoms with E-state index in [1.165, 1.54) is 0 Å². The molecule has 0 radical (unpaired) electrons. The van der Waals surface area contributed by atoms with Crippen molar-refractivity contribution in [3.05, 3.63) is 12.4 Å². The Bertz CT molecular complexity index is 289. The molecule has 0 amide bonds. The van der Waals surface area contributed by atoms with Crippen molar-refractivity contribution >= 4 is 5.95 Å². The van der Waals surface area contributed by atoms with Gasteiger partial charge in [0, 0.05) is 31.5 Å². The topological polar surface area (TPSA) is 33.1 Å². The van der Waals surface area contributed by atoms with Gasteiger partial charge in [-0.3, -0.25) is 0 Å². The van der Waals surface area contributed by atoms with Crippen LogP contribution in [-0.4, -0.2) is 40.6 Å². The van der Waals surface area contributed by atoms with Crippen molar-refractivity contribution in [2.75, 3.05) is 31.5 Å². The maximum Gasteiger partial charge on any atom is 0.203 e. The van der Waals surface area contributed by atoms with Crippen LogP contribution in [0.4, 0.5) is 5.95 Å². The lowest BCUT2D eigenvalue weighted by molar-refractivity contribution is 0.315. The second-order valence-corrected chi connectivity index (χ2v) is 4.21. The maximum absolute atomic E-state index is 4.32. The van der Waals surface area contributed by atoms with Crippen molar-refractivity contribution < 1.29 is 0 Å². The van der Waals surface area contributed by atoms with E-state index in [0.717, 1.165) is 32.1 Å². The van der Waals surface area contributed by atoms with Crippen LogP contribution in [0, 0.1) is 0 Å². The highest BCUT2D eigenvalue weighted by Gasteiger charge is 2.05. The van der Waals surface area contributed by atoms with E-state index in [-0.39, 0.29) is 0 Å². The van der Waals surface area contributed by atoms with Crippen LogP contribution in [0.5, 0.6) is 0 Å². The van der Waals surface area contributed by atoms with Crippen molar-refractivity contribution in [3.8, 4) is 0 Å². The van der Waals surface area contributed by atoms with Crippen molar-refractivity contribution in [1.82, 2.24) is 14.5 Å². The van der Waals surface area contributed by atoms with Crippen LogP contribution in [-0.2, 0) is 0 Å². The third-order valence-electron chi connectivity index (χ3n) is 2.83. The molecule has 0 aliphatic heterocycles. The SMILES string of the molecule is CCN(CC)CCNc1nccn1C(C)C. The van der Waals surface area contributed by atoms with Crippen LogP contribution in [0.3, 0.4) is 0 Å². The molecule has 1 heterocycles. The van der Waals surface area contributed by atoms with Crippen molar-refractivity contribution in [2.24, 2.45) is 0 Å². The summed E-state index contributed by atoms with van der Waals surface area (Å²) < 4.78 is 2.15. The third-order valence-corrected chi connectivity index (χ3v) is 2.83. The summed E-state index contributed by atoms with van der Waals surface area (Å²) in [7, 11) is 0. The highest BCUT2D eigenvalue weighted by Crippen LogP contribution is 2.11. The number of nitrogens with zero attached hydrogens (tertiary/aromatic N) is 3. The number of rotatable bonds is 7. The average Bonchev–Trinajstić information content (AvgIpc) is 2.72. The largest absolute Gasteiger partial charge is 0.354 e. The predicted molar refractivity (Wildman–Crippen MR) is 68.9 cm³/mol. The molecule has 4 heteroatoms. The molecular formula is C12H24N4. The summed E-state index contributed by atoms with van der Waals surface area (Å²) in [4.78, 5) is 6.72. The molecule has 92 valence electrons. The van der Waals surface area contributed by atoms with Crippen LogP contribution in [0.1, 0.15) is 33.7 Å². The Morgan fingerprint density at radius 3 is 2.62 bits per heavy atom. The highest BCUT2D eigenvalue weighted by atomic mass is 15.2. The molecule has 0 bridgehead atoms. The van der Waals surface area contributed by atoms with E-state index in [4.69, 9.17) is 0 Å². The molecule has 1 N–H and O–H groups in total. The molecule has 1 aromatic rings. The fraction of sp³-hybridized carbons (Fsp3) is 0.750. The summed E-state index contributed by atoms with van der Waals surface area (Å²) in [6.45, 7) is 12.9. The van der Waals surface area contributed by atoms with Gasteiger partial charge in [-0.2, -0.15) is 0 Å². The number of aromatic nitrogens is 2. The number of hydrogen-bond acceptors (Lipinski definition) is 3. The first-order valence-electron chi connectivity index (χ1n) is 6.18. The lowest BCUT2D eigenvalue weighted by atomic mass is 10.4. The van der Waals surface area contributed by atoms with Gasteiger partial charge in [-0.15, -0.1) is 0 Å². The molecule has 16 heavy (non-hydrogen) atoms. The first-order valence-corrected chi connectivity index (χ1v) is 6.18. The minimum absolute atomic E-state index is 0.457. The predicted octanol–water partition coefficient (Wildman–Crippen LogP) is 2.22. The number of anilines is 1. The third kappa shape index (κ3) is 3.52. The second kappa shape index (κ2) is 6.53. The Morgan fingerprint density at radius 2 is 2.06 bits per heavy atom. The summed E-state index contributed by atoms with van der Waals surface area (Å²) in [5.41, 5.74) is 0. The van der Waals surface area contributed by atoms with Gasteiger partial charge in [-0.05, 0) is 26.9 Å². The fourth-order valence-electron chi connectivity index (χ4n) is 1.73. The molecule has 0 fully saturated rings. The molecule has 0 aliphatic rings. The smallest absolute Gasteiger partial charge is 0.203 e. The molecule has 0 saturated carbocycles. The minimum atomic E-state index is 0.457. The Morgan fingerprint density at radius 1 is 1.38 bits per heavy atom. The van der Waals surface area contributed by atoms with Crippen LogP contribution in [0.25, 0.3) is 0 Å². The van der Waals surface area contributed by atoms with Crippen molar-refractivity contribution in [2.45, 2.75) is 33.7 Å². The van der Waals surface area contributed by atoms with Gasteiger partial charge in [-0.1, -0.05) is 13.8 Å². The van der Waals surface area contributed by atoms with Gasteiger partial charge in [0.1, 0.15) is 0 Å². The monoisotopic (exact) mass is 224 g/mol. The van der Waals surface area contributed by atoms with E-state index >= 15 is 0 Å². The number of nitrogens with one attached hydrogen (secondary N) is 1. The molecule has 1 rings (SSSR count). The van der Waals surface area contributed by atoms with Crippen molar-refractivity contribution in [3.63, 3.8) is 0 Å². The Kier molecular flexibility index (Phi) is 5.32. The first kappa shape index (κ1) is 13.0. The van der Waals surface area contributed by atoms with Crippen LogP contribution in [0.2, 0.25) is 0 Å². The van der Waals surface area contributed by atoms with Gasteiger partial charge in [0.25, 0.3) is 0 Å². The standard InChI is InChI=1S/C12H24N4/c1-5-15(6-2)9-7-13-12-14-8-10-16(12)11(3)4/h8,10-11H,5-7,9H2,1-4H3,(H,13,14). The zero-order valence-corrected chi connectivity index (χ0v) is 10.9. The van der Waals surface area contributed by atoms with Gasteiger partial charge >= 0.3 is 0 Å². The molecule has 0 aliphatic carbocycles. The van der Waals surface area contributed by atoms with E-state index in [1.54, 1.807) is 0 Å². The van der Waals surface area contributed by atoms with Crippen LogP contribution in [0.15, 0.2) is 12.4 Å². The molecule has 0 spiro atoms. The van der Waals surface area contributed by atoms with E-state index in [0.29, 0.717) is 6.04 Å². The van der Waals surface area contributed by atoms with E-state index in [1.807, 2.05) is 12.4 Å². The zero-order valence-electron chi connectivity index (χ0n) is 10.9. The van der Waals surface area contributed by atoms with E-state index in [2.05, 4.69) is 47.5 Å². The lowest BCUT2D eigenvalue weighted by Crippen LogP contribution is -2.29. The van der Waals surface area contributed by atoms with E-state index < -0.39 is 0 Å². The van der Waals surface area contributed by atoms with Gasteiger partial charge in [0.15, 0.2) is 0 Å². The minimum Gasteiger partial charge on any atom is -0.354 e. The average molecular weight is 224 g/mol. The summed E-state index contributed by atoms with van der Waals surface area (Å²) in [6.07, 6.45) is 3.87. The zero-order chi connectivity index (χ0) is 12.0.